The third kappa shape index (κ3) is 3.74. The van der Waals surface area contributed by atoms with E-state index in [9.17, 15) is 24.6 Å². The first-order valence-electron chi connectivity index (χ1n) is 11.0. The Bertz CT molecular complexity index is 1090. The zero-order valence-corrected chi connectivity index (χ0v) is 18.8. The molecule has 4 unspecified atom stereocenters. The molecular weight excluding hydrogens is 424 g/mol. The second-order valence-corrected chi connectivity index (χ2v) is 9.17. The van der Waals surface area contributed by atoms with Crippen molar-refractivity contribution in [2.75, 3.05) is 7.11 Å². The van der Waals surface area contributed by atoms with Crippen LogP contribution in [-0.4, -0.2) is 45.5 Å². The highest BCUT2D eigenvalue weighted by Crippen LogP contribution is 2.52. The number of nitrogens with one attached hydrogen (secondary N) is 1. The summed E-state index contributed by atoms with van der Waals surface area (Å²) in [5.74, 6) is -3.90. The summed E-state index contributed by atoms with van der Waals surface area (Å²) < 4.78 is 5.15. The van der Waals surface area contributed by atoms with Crippen LogP contribution in [0.2, 0.25) is 0 Å². The molecular formula is C25H28N2O6. The van der Waals surface area contributed by atoms with Crippen molar-refractivity contribution in [2.24, 2.45) is 17.8 Å². The smallest absolute Gasteiger partial charge is 0.324 e. The number of carboxylic acids is 1. The molecule has 0 bridgehead atoms. The number of hydrogen-bond donors (Lipinski definition) is 3. The maximum absolute atomic E-state index is 13.6. The van der Waals surface area contributed by atoms with Crippen LogP contribution in [-0.2, 0) is 20.9 Å². The van der Waals surface area contributed by atoms with E-state index >= 15 is 0 Å². The summed E-state index contributed by atoms with van der Waals surface area (Å²) in [6, 6.07) is 12.9. The van der Waals surface area contributed by atoms with Crippen molar-refractivity contribution in [3.8, 4) is 11.5 Å². The summed E-state index contributed by atoms with van der Waals surface area (Å²) in [4.78, 5) is 41.0. The van der Waals surface area contributed by atoms with Gasteiger partial charge in [-0.2, -0.15) is 0 Å². The number of carbonyl (C=O) groups is 3. The maximum Gasteiger partial charge on any atom is 0.324 e. The zero-order valence-electron chi connectivity index (χ0n) is 18.8. The molecule has 4 rings (SSSR count). The van der Waals surface area contributed by atoms with Gasteiger partial charge in [-0.1, -0.05) is 50.2 Å². The predicted molar refractivity (Wildman–Crippen MR) is 119 cm³/mol. The average Bonchev–Trinajstić information content (AvgIpc) is 3.24. The Morgan fingerprint density at radius 1 is 1.15 bits per heavy atom. The lowest BCUT2D eigenvalue weighted by Crippen LogP contribution is -2.56. The van der Waals surface area contributed by atoms with Gasteiger partial charge in [-0.05, 0) is 24.0 Å². The van der Waals surface area contributed by atoms with Crippen molar-refractivity contribution < 1.29 is 29.3 Å². The van der Waals surface area contributed by atoms with E-state index in [0.29, 0.717) is 11.3 Å². The van der Waals surface area contributed by atoms with Crippen LogP contribution in [0.4, 0.5) is 0 Å². The molecule has 2 fully saturated rings. The molecule has 0 saturated carbocycles. The monoisotopic (exact) mass is 452 g/mol. The van der Waals surface area contributed by atoms with Crippen molar-refractivity contribution in [3.63, 3.8) is 0 Å². The summed E-state index contributed by atoms with van der Waals surface area (Å²) in [6.07, 6.45) is 0.162. The van der Waals surface area contributed by atoms with Gasteiger partial charge >= 0.3 is 5.97 Å². The number of amides is 2. The van der Waals surface area contributed by atoms with Crippen molar-refractivity contribution >= 4 is 17.8 Å². The van der Waals surface area contributed by atoms with Gasteiger partial charge in [0.25, 0.3) is 0 Å². The molecule has 2 aromatic rings. The minimum atomic E-state index is -1.63. The number of rotatable bonds is 7. The van der Waals surface area contributed by atoms with E-state index in [1.54, 1.807) is 12.1 Å². The third-order valence-corrected chi connectivity index (χ3v) is 6.61. The molecule has 33 heavy (non-hydrogen) atoms. The van der Waals surface area contributed by atoms with Gasteiger partial charge in [0.05, 0.1) is 25.5 Å². The molecule has 8 heteroatoms. The summed E-state index contributed by atoms with van der Waals surface area (Å²) in [5.41, 5.74) is -0.491. The second-order valence-electron chi connectivity index (χ2n) is 9.17. The van der Waals surface area contributed by atoms with E-state index in [2.05, 4.69) is 5.32 Å². The number of methoxy groups -OCH3 is 1. The van der Waals surface area contributed by atoms with Crippen LogP contribution in [0.1, 0.15) is 37.4 Å². The molecule has 2 aliphatic heterocycles. The van der Waals surface area contributed by atoms with E-state index in [4.69, 9.17) is 4.74 Å². The molecule has 0 aromatic heterocycles. The number of likely N-dealkylation sites (tertiary alicyclic amines) is 1. The molecule has 174 valence electrons. The van der Waals surface area contributed by atoms with Crippen LogP contribution >= 0.6 is 0 Å². The molecule has 0 radical (unpaired) electrons. The van der Waals surface area contributed by atoms with Crippen LogP contribution in [0.25, 0.3) is 0 Å². The van der Waals surface area contributed by atoms with E-state index in [0.717, 1.165) is 10.5 Å². The topological polar surface area (TPSA) is 116 Å². The first-order valence-corrected chi connectivity index (χ1v) is 11.0. The lowest BCUT2D eigenvalue weighted by Gasteiger charge is -2.32. The number of nitrogens with zero attached hydrogens (tertiary/aromatic N) is 1. The molecule has 4 atom stereocenters. The number of carbonyl (C=O) groups excluding carboxylic acids is 2. The van der Waals surface area contributed by atoms with Crippen molar-refractivity contribution in [1.82, 2.24) is 10.2 Å². The maximum atomic E-state index is 13.6. The highest BCUT2D eigenvalue weighted by Gasteiger charge is 2.68. The van der Waals surface area contributed by atoms with E-state index < -0.39 is 41.2 Å². The zero-order chi connectivity index (χ0) is 23.9. The fourth-order valence-corrected chi connectivity index (χ4v) is 5.28. The predicted octanol–water partition coefficient (Wildman–Crippen LogP) is 2.72. The molecule has 2 amide bonds. The summed E-state index contributed by atoms with van der Waals surface area (Å²) in [6.45, 7) is 3.83. The third-order valence-electron chi connectivity index (χ3n) is 6.61. The Balaban J connectivity index is 1.81. The van der Waals surface area contributed by atoms with Gasteiger partial charge in [-0.3, -0.25) is 24.6 Å². The largest absolute Gasteiger partial charge is 0.507 e. The van der Waals surface area contributed by atoms with E-state index in [1.165, 1.54) is 13.2 Å². The first kappa shape index (κ1) is 22.8. The molecule has 2 heterocycles. The summed E-state index contributed by atoms with van der Waals surface area (Å²) in [5, 5.41) is 24.1. The highest BCUT2D eigenvalue weighted by atomic mass is 16.5. The normalized spacial score (nSPS) is 26.7. The number of phenolic OH excluding ortho intramolecular Hbond substituents is 1. The minimum Gasteiger partial charge on any atom is -0.507 e. The Morgan fingerprint density at radius 2 is 1.85 bits per heavy atom. The number of benzene rings is 2. The number of hydrogen-bond acceptors (Lipinski definition) is 6. The number of fused-ring (bicyclic) bond motifs is 1. The number of aromatic hydroxyl groups is 1. The van der Waals surface area contributed by atoms with Crippen LogP contribution in [0.15, 0.2) is 48.5 Å². The Morgan fingerprint density at radius 3 is 2.42 bits per heavy atom. The van der Waals surface area contributed by atoms with Crippen molar-refractivity contribution in [3.05, 3.63) is 59.7 Å². The highest BCUT2D eigenvalue weighted by molar-refractivity contribution is 6.09. The van der Waals surface area contributed by atoms with Crippen molar-refractivity contribution in [1.29, 1.82) is 0 Å². The van der Waals surface area contributed by atoms with E-state index in [1.807, 2.05) is 44.2 Å². The number of aliphatic carboxylic acids is 1. The van der Waals surface area contributed by atoms with Gasteiger partial charge in [-0.25, -0.2) is 0 Å². The molecule has 3 N–H and O–H groups in total. The van der Waals surface area contributed by atoms with Crippen LogP contribution in [0.5, 0.6) is 11.5 Å². The second kappa shape index (κ2) is 8.51. The van der Waals surface area contributed by atoms with Crippen LogP contribution in [0.3, 0.4) is 0 Å². The summed E-state index contributed by atoms with van der Waals surface area (Å²) >= 11 is 0. The Kier molecular flexibility index (Phi) is 5.88. The van der Waals surface area contributed by atoms with Gasteiger partial charge in [0.2, 0.25) is 11.8 Å². The van der Waals surface area contributed by atoms with Crippen LogP contribution in [0, 0.1) is 17.8 Å². The fourth-order valence-electron chi connectivity index (χ4n) is 5.28. The number of phenols is 1. The standard InChI is InChI=1S/C25H28N2O6/c1-14(2)12-25(24(31)32)20-19(21(26-25)17-10-9-16(33-3)11-18(17)28)22(29)27(23(20)30)13-15-7-5-4-6-8-15/h4-11,14,19-21,26,28H,12-13H2,1-3H3,(H,31,32). The van der Waals surface area contributed by atoms with E-state index in [-0.39, 0.29) is 24.6 Å². The number of ether oxygens (including phenoxy) is 1. The first-order chi connectivity index (χ1) is 15.7. The number of carboxylic acid groups (broad SMARTS) is 1. The average molecular weight is 453 g/mol. The lowest BCUT2D eigenvalue weighted by atomic mass is 9.75. The molecule has 2 aliphatic rings. The Labute approximate surface area is 192 Å². The summed E-state index contributed by atoms with van der Waals surface area (Å²) in [7, 11) is 1.47. The van der Waals surface area contributed by atoms with Gasteiger partial charge in [0.1, 0.15) is 17.0 Å². The molecule has 2 aromatic carbocycles. The van der Waals surface area contributed by atoms with Crippen molar-refractivity contribution in [2.45, 2.75) is 38.4 Å². The fraction of sp³-hybridized carbons (Fsp3) is 0.400. The minimum absolute atomic E-state index is 0.0523. The SMILES string of the molecule is COc1ccc(C2NC(CC(C)C)(C(=O)O)C3C(=O)N(Cc4ccccc4)C(=O)C23)c(O)c1. The lowest BCUT2D eigenvalue weighted by molar-refractivity contribution is -0.152. The van der Waals surface area contributed by atoms with Gasteiger partial charge in [0, 0.05) is 17.7 Å². The molecule has 0 spiro atoms. The number of imide groups is 1. The molecule has 0 aliphatic carbocycles. The Hall–Kier alpha value is -3.39. The molecule has 8 nitrogen and oxygen atoms in total. The van der Waals surface area contributed by atoms with Gasteiger partial charge in [0.15, 0.2) is 0 Å². The quantitative estimate of drug-likeness (QED) is 0.553. The van der Waals surface area contributed by atoms with Gasteiger partial charge < -0.3 is 14.9 Å². The molecule has 2 saturated heterocycles. The van der Waals surface area contributed by atoms with Crippen LogP contribution < -0.4 is 10.1 Å². The van der Waals surface area contributed by atoms with Gasteiger partial charge in [-0.15, -0.1) is 0 Å².